The normalized spacial score (nSPS) is 30.0. The summed E-state index contributed by atoms with van der Waals surface area (Å²) in [6.45, 7) is 27.7. The molecule has 288 valence electrons. The van der Waals surface area contributed by atoms with Crippen LogP contribution in [0, 0.1) is 11.8 Å². The van der Waals surface area contributed by atoms with Crippen LogP contribution in [0.2, 0.25) is 51.4 Å². The number of rotatable bonds is 12. The van der Waals surface area contributed by atoms with Gasteiger partial charge in [0.25, 0.3) is 0 Å². The second-order valence-corrected chi connectivity index (χ2v) is 27.3. The molecular weight excluding hydrogens is 736 g/mol. The number of hydrogen-bond donors (Lipinski definition) is 1. The monoisotopic (exact) mass is 800 g/mol. The number of carbonyl (C=O) groups excluding carboxylic acids is 4. The topological polar surface area (TPSA) is 153 Å². The highest BCUT2D eigenvalue weighted by molar-refractivity contribution is 9.09. The molecule has 2 fully saturated rings. The molecular formula is C34H65BrO12Si2. The number of ether oxygens (including phenoxy) is 7. The summed E-state index contributed by atoms with van der Waals surface area (Å²) in [6, 6.07) is 2.01. The molecule has 0 amide bonds. The minimum absolute atomic E-state index is 0.0305. The Balaban J connectivity index is 0.000000808. The maximum absolute atomic E-state index is 11.5. The fourth-order valence-electron chi connectivity index (χ4n) is 5.31. The Morgan fingerprint density at radius 1 is 0.633 bits per heavy atom. The number of carbonyl (C=O) groups is 4. The molecule has 0 bridgehead atoms. The highest BCUT2D eigenvalue weighted by atomic mass is 79.9. The van der Waals surface area contributed by atoms with Crippen molar-refractivity contribution in [2.75, 3.05) is 13.2 Å². The van der Waals surface area contributed by atoms with E-state index in [1.165, 1.54) is 27.7 Å². The van der Waals surface area contributed by atoms with E-state index in [0.29, 0.717) is 13.2 Å². The lowest BCUT2D eigenvalue weighted by Crippen LogP contribution is -2.57. The van der Waals surface area contributed by atoms with Crippen molar-refractivity contribution in [3.05, 3.63) is 0 Å². The van der Waals surface area contributed by atoms with E-state index in [-0.39, 0.29) is 30.0 Å². The summed E-state index contributed by atoms with van der Waals surface area (Å²) in [7, 11) is -2.16. The van der Waals surface area contributed by atoms with E-state index >= 15 is 0 Å². The quantitative estimate of drug-likeness (QED) is 0.102. The van der Waals surface area contributed by atoms with Crippen molar-refractivity contribution in [2.24, 2.45) is 11.8 Å². The van der Waals surface area contributed by atoms with Crippen molar-refractivity contribution < 1.29 is 57.4 Å². The van der Waals surface area contributed by atoms with Crippen LogP contribution in [0.4, 0.5) is 0 Å². The Hall–Kier alpha value is -1.37. The molecule has 0 radical (unpaired) electrons. The van der Waals surface area contributed by atoms with Gasteiger partial charge in [-0.25, -0.2) is 0 Å². The molecule has 2 saturated heterocycles. The number of esters is 4. The first-order chi connectivity index (χ1) is 22.5. The second kappa shape index (κ2) is 22.5. The lowest BCUT2D eigenvalue weighted by Gasteiger charge is -2.44. The van der Waals surface area contributed by atoms with Gasteiger partial charge < -0.3 is 38.3 Å². The average molecular weight is 802 g/mol. The van der Waals surface area contributed by atoms with Crippen LogP contribution in [0.15, 0.2) is 0 Å². The van der Waals surface area contributed by atoms with Crippen LogP contribution in [0.5, 0.6) is 0 Å². The molecule has 0 spiro atoms. The maximum Gasteiger partial charge on any atom is 0.303 e. The molecule has 0 aliphatic carbocycles. The van der Waals surface area contributed by atoms with Gasteiger partial charge in [-0.1, -0.05) is 82.9 Å². The standard InChI is InChI=1S/C17H32O6Si.C12H19BrO5.C5H14OSi/c1-8-14-11(2)15(21-12(3)18)16(22-13(4)19)17(23-14)20-9-10-24(5,6)7;1-5-9-6(2)10(16-7(3)14)11(12(13)18-9)17-8(4)15;1-7(2,3)5-4-6/h11,14-17H,8-10H2,1-7H3;6,9-12H,5H2,1-4H3;6H,4-5H2,1-3H3/t11-,14-,15+,16-,17-;6-,9-,10+,11-,12+;/m11./s1. The summed E-state index contributed by atoms with van der Waals surface area (Å²) in [5, 5.41) is 7.97. The van der Waals surface area contributed by atoms with Gasteiger partial charge in [-0.3, -0.25) is 19.2 Å². The molecule has 49 heavy (non-hydrogen) atoms. The Morgan fingerprint density at radius 3 is 1.35 bits per heavy atom. The molecule has 12 nitrogen and oxygen atoms in total. The van der Waals surface area contributed by atoms with Crippen LogP contribution >= 0.6 is 15.9 Å². The second-order valence-electron chi connectivity index (χ2n) is 15.1. The average Bonchev–Trinajstić information content (AvgIpc) is 2.94. The number of halogens is 1. The zero-order chi connectivity index (χ0) is 38.3. The largest absolute Gasteiger partial charge is 0.458 e. The van der Waals surface area contributed by atoms with Crippen LogP contribution in [-0.2, 0) is 52.3 Å². The van der Waals surface area contributed by atoms with E-state index in [1.807, 2.05) is 27.7 Å². The van der Waals surface area contributed by atoms with Gasteiger partial charge in [0, 0.05) is 68.9 Å². The van der Waals surface area contributed by atoms with Crippen LogP contribution < -0.4 is 0 Å². The first-order valence-electron chi connectivity index (χ1n) is 17.3. The highest BCUT2D eigenvalue weighted by Gasteiger charge is 2.48. The maximum atomic E-state index is 11.5. The molecule has 2 heterocycles. The minimum atomic E-state index is -1.25. The molecule has 0 aromatic heterocycles. The summed E-state index contributed by atoms with van der Waals surface area (Å²) >= 11 is 3.33. The molecule has 0 aromatic carbocycles. The molecule has 2 aliphatic rings. The smallest absolute Gasteiger partial charge is 0.303 e. The van der Waals surface area contributed by atoms with Crippen LogP contribution in [0.3, 0.4) is 0 Å². The summed E-state index contributed by atoms with van der Waals surface area (Å²) in [4.78, 5) is 45.3. The van der Waals surface area contributed by atoms with Crippen LogP contribution in [0.25, 0.3) is 0 Å². The highest BCUT2D eigenvalue weighted by Crippen LogP contribution is 2.35. The van der Waals surface area contributed by atoms with Crippen LogP contribution in [-0.4, -0.2) is 106 Å². The van der Waals surface area contributed by atoms with E-state index in [2.05, 4.69) is 55.2 Å². The predicted octanol–water partition coefficient (Wildman–Crippen LogP) is 6.31. The third-order valence-electron chi connectivity index (χ3n) is 8.01. The fraction of sp³-hybridized carbons (Fsp3) is 0.882. The third kappa shape index (κ3) is 19.2. The predicted molar refractivity (Wildman–Crippen MR) is 197 cm³/mol. The molecule has 15 heteroatoms. The molecule has 1 N–H and O–H groups in total. The van der Waals surface area contributed by atoms with E-state index in [1.54, 1.807) is 0 Å². The Bertz CT molecular complexity index is 1020. The molecule has 0 saturated carbocycles. The molecule has 0 aromatic rings. The molecule has 10 atom stereocenters. The van der Waals surface area contributed by atoms with Gasteiger partial charge in [0.2, 0.25) is 0 Å². The summed E-state index contributed by atoms with van der Waals surface area (Å²) in [6.07, 6.45) is -1.72. The van der Waals surface area contributed by atoms with Gasteiger partial charge in [0.1, 0.15) is 12.2 Å². The summed E-state index contributed by atoms with van der Waals surface area (Å²) < 4.78 is 39.0. The molecule has 2 aliphatic heterocycles. The number of hydrogen-bond acceptors (Lipinski definition) is 12. The van der Waals surface area contributed by atoms with Gasteiger partial charge in [-0.2, -0.15) is 0 Å². The SMILES string of the molecule is CC[C@H]1O[C@@H](OCC[Si](C)(C)C)[C@H](OC(C)=O)[C@@H](OC(C)=O)[C@@H]1C.CC[C@H]1O[C@H](Br)[C@H](OC(C)=O)[C@@H](OC(C)=O)[C@@H]1C.C[Si](C)(C)CCO. The van der Waals surface area contributed by atoms with Gasteiger partial charge in [0.15, 0.2) is 23.5 Å². The lowest BCUT2D eigenvalue weighted by atomic mass is 9.89. The van der Waals surface area contributed by atoms with Crippen molar-refractivity contribution in [3.8, 4) is 0 Å². The van der Waals surface area contributed by atoms with Gasteiger partial charge in [-0.15, -0.1) is 0 Å². The Kier molecular flexibility index (Phi) is 21.9. The summed E-state index contributed by atoms with van der Waals surface area (Å²) in [5.41, 5.74) is 0. The van der Waals surface area contributed by atoms with Gasteiger partial charge in [0.05, 0.1) is 12.2 Å². The van der Waals surface area contributed by atoms with E-state index < -0.39 is 69.8 Å². The first-order valence-corrected chi connectivity index (χ1v) is 25.7. The number of alkyl halides is 1. The zero-order valence-electron chi connectivity index (χ0n) is 32.3. The van der Waals surface area contributed by atoms with Crippen molar-refractivity contribution in [2.45, 2.75) is 168 Å². The Labute approximate surface area is 305 Å². The molecule has 0 unspecified atom stereocenters. The van der Waals surface area contributed by atoms with Crippen molar-refractivity contribution in [3.63, 3.8) is 0 Å². The van der Waals surface area contributed by atoms with E-state index in [4.69, 9.17) is 38.3 Å². The minimum Gasteiger partial charge on any atom is -0.458 e. The van der Waals surface area contributed by atoms with Crippen molar-refractivity contribution in [1.82, 2.24) is 0 Å². The lowest BCUT2D eigenvalue weighted by molar-refractivity contribution is -0.289. The molecule has 2 rings (SSSR count). The number of aliphatic hydroxyl groups is 1. The fourth-order valence-corrected chi connectivity index (χ4v) is 7.40. The van der Waals surface area contributed by atoms with Crippen molar-refractivity contribution in [1.29, 1.82) is 0 Å². The first kappa shape index (κ1) is 47.6. The van der Waals surface area contributed by atoms with Crippen molar-refractivity contribution >= 4 is 56.0 Å². The van der Waals surface area contributed by atoms with Crippen LogP contribution in [0.1, 0.15) is 68.2 Å². The zero-order valence-corrected chi connectivity index (χ0v) is 35.9. The number of aliphatic hydroxyl groups excluding tert-OH is 1. The third-order valence-corrected chi connectivity index (χ3v) is 12.2. The van der Waals surface area contributed by atoms with Gasteiger partial charge >= 0.3 is 23.9 Å². The summed E-state index contributed by atoms with van der Waals surface area (Å²) in [5.74, 6) is -1.77. The Morgan fingerprint density at radius 2 is 1.00 bits per heavy atom. The van der Waals surface area contributed by atoms with E-state index in [9.17, 15) is 19.2 Å². The van der Waals surface area contributed by atoms with Gasteiger partial charge in [-0.05, 0) is 24.9 Å². The van der Waals surface area contributed by atoms with E-state index in [0.717, 1.165) is 24.9 Å².